The number of piperidine rings is 1. The minimum absolute atomic E-state index is 0.124. The van der Waals surface area contributed by atoms with Crippen molar-refractivity contribution >= 4 is 6.09 Å². The van der Waals surface area contributed by atoms with E-state index in [1.54, 1.807) is 0 Å². The monoisotopic (exact) mass is 199 g/mol. The van der Waals surface area contributed by atoms with Gasteiger partial charge in [0.05, 0.1) is 6.61 Å². The Labute approximate surface area is 86.4 Å². The zero-order valence-electron chi connectivity index (χ0n) is 9.29. The van der Waals surface area contributed by atoms with Crippen LogP contribution in [0.5, 0.6) is 0 Å². The lowest BCUT2D eigenvalue weighted by Gasteiger charge is -2.30. The van der Waals surface area contributed by atoms with Crippen LogP contribution >= 0.6 is 0 Å². The first-order valence-electron chi connectivity index (χ1n) is 5.69. The van der Waals surface area contributed by atoms with E-state index >= 15 is 0 Å². The third-order valence-corrected chi connectivity index (χ3v) is 2.88. The van der Waals surface area contributed by atoms with Crippen molar-refractivity contribution in [3.8, 4) is 0 Å². The largest absolute Gasteiger partial charge is 0.449 e. The number of hydrogen-bond acceptors (Lipinski definition) is 2. The Morgan fingerprint density at radius 1 is 1.36 bits per heavy atom. The number of likely N-dealkylation sites (tertiary alicyclic amines) is 1. The molecule has 1 fully saturated rings. The summed E-state index contributed by atoms with van der Waals surface area (Å²) in [5.41, 5.74) is 0. The van der Waals surface area contributed by atoms with Gasteiger partial charge in [-0.15, -0.1) is 0 Å². The Balaban J connectivity index is 2.23. The van der Waals surface area contributed by atoms with E-state index in [9.17, 15) is 4.79 Å². The molecule has 0 aromatic rings. The topological polar surface area (TPSA) is 29.5 Å². The molecular formula is C11H21NO2. The van der Waals surface area contributed by atoms with Gasteiger partial charge in [-0.3, -0.25) is 0 Å². The predicted molar refractivity (Wildman–Crippen MR) is 56.2 cm³/mol. The summed E-state index contributed by atoms with van der Waals surface area (Å²) in [5.74, 6) is 0.810. The molecule has 1 amide bonds. The average Bonchev–Trinajstić information content (AvgIpc) is 2.26. The normalized spacial score (nSPS) is 18.3. The standard InChI is InChI=1S/C11H21NO2/c1-3-9-14-11(13)12-7-5-10(4-2)6-8-12/h10H,3-9H2,1-2H3. The zero-order valence-corrected chi connectivity index (χ0v) is 9.29. The van der Waals surface area contributed by atoms with Crippen LogP contribution in [0.2, 0.25) is 0 Å². The molecule has 1 aliphatic rings. The number of rotatable bonds is 3. The van der Waals surface area contributed by atoms with E-state index in [2.05, 4.69) is 6.92 Å². The Morgan fingerprint density at radius 3 is 2.50 bits per heavy atom. The SMILES string of the molecule is CCCOC(=O)N1CCC(CC)CC1. The molecule has 82 valence electrons. The van der Waals surface area contributed by atoms with E-state index < -0.39 is 0 Å². The van der Waals surface area contributed by atoms with Crippen LogP contribution in [0.1, 0.15) is 39.5 Å². The minimum Gasteiger partial charge on any atom is -0.449 e. The van der Waals surface area contributed by atoms with Gasteiger partial charge >= 0.3 is 6.09 Å². The molecule has 0 radical (unpaired) electrons. The first kappa shape index (κ1) is 11.3. The second-order valence-corrected chi connectivity index (χ2v) is 3.95. The van der Waals surface area contributed by atoms with Crippen molar-refractivity contribution in [2.75, 3.05) is 19.7 Å². The number of nitrogens with zero attached hydrogens (tertiary/aromatic N) is 1. The van der Waals surface area contributed by atoms with Crippen LogP contribution in [0, 0.1) is 5.92 Å². The summed E-state index contributed by atoms with van der Waals surface area (Å²) in [6.07, 6.45) is 4.28. The molecule has 1 heterocycles. The van der Waals surface area contributed by atoms with Gasteiger partial charge in [-0.05, 0) is 25.2 Å². The Bertz CT molecular complexity index is 174. The number of amides is 1. The van der Waals surface area contributed by atoms with Gasteiger partial charge in [0.15, 0.2) is 0 Å². The number of ether oxygens (including phenoxy) is 1. The maximum Gasteiger partial charge on any atom is 0.409 e. The molecule has 0 aliphatic carbocycles. The fourth-order valence-corrected chi connectivity index (χ4v) is 1.80. The van der Waals surface area contributed by atoms with Crippen molar-refractivity contribution in [1.29, 1.82) is 0 Å². The molecule has 1 aliphatic heterocycles. The smallest absolute Gasteiger partial charge is 0.409 e. The molecule has 1 saturated heterocycles. The summed E-state index contributed by atoms with van der Waals surface area (Å²) in [4.78, 5) is 13.3. The van der Waals surface area contributed by atoms with E-state index in [-0.39, 0.29) is 6.09 Å². The van der Waals surface area contributed by atoms with Crippen molar-refractivity contribution in [2.24, 2.45) is 5.92 Å². The fourth-order valence-electron chi connectivity index (χ4n) is 1.80. The third kappa shape index (κ3) is 3.20. The second kappa shape index (κ2) is 5.89. The van der Waals surface area contributed by atoms with Crippen molar-refractivity contribution in [2.45, 2.75) is 39.5 Å². The molecule has 0 aromatic carbocycles. The van der Waals surface area contributed by atoms with Crippen LogP contribution in [0.15, 0.2) is 0 Å². The molecule has 0 aromatic heterocycles. The lowest BCUT2D eigenvalue weighted by molar-refractivity contribution is 0.0874. The minimum atomic E-state index is -0.124. The van der Waals surface area contributed by atoms with Gasteiger partial charge in [-0.1, -0.05) is 20.3 Å². The first-order chi connectivity index (χ1) is 6.77. The van der Waals surface area contributed by atoms with Crippen LogP contribution in [0.4, 0.5) is 4.79 Å². The van der Waals surface area contributed by atoms with Crippen LogP contribution in [0.25, 0.3) is 0 Å². The molecule has 14 heavy (non-hydrogen) atoms. The van der Waals surface area contributed by atoms with Crippen LogP contribution in [0.3, 0.4) is 0 Å². The highest BCUT2D eigenvalue weighted by atomic mass is 16.6. The number of carbonyl (C=O) groups excluding carboxylic acids is 1. The predicted octanol–water partition coefficient (Wildman–Crippen LogP) is 2.66. The van der Waals surface area contributed by atoms with E-state index in [1.807, 2.05) is 11.8 Å². The Hall–Kier alpha value is -0.730. The van der Waals surface area contributed by atoms with Gasteiger partial charge in [0.2, 0.25) is 0 Å². The van der Waals surface area contributed by atoms with Crippen molar-refractivity contribution in [3.63, 3.8) is 0 Å². The molecule has 3 heteroatoms. The highest BCUT2D eigenvalue weighted by molar-refractivity contribution is 5.67. The summed E-state index contributed by atoms with van der Waals surface area (Å²) in [7, 11) is 0. The molecular weight excluding hydrogens is 178 g/mol. The summed E-state index contributed by atoms with van der Waals surface area (Å²) < 4.78 is 5.09. The maximum absolute atomic E-state index is 11.5. The lowest BCUT2D eigenvalue weighted by Crippen LogP contribution is -2.38. The summed E-state index contributed by atoms with van der Waals surface area (Å²) in [6.45, 7) is 6.53. The number of carbonyl (C=O) groups is 1. The molecule has 3 nitrogen and oxygen atoms in total. The Morgan fingerprint density at radius 2 is 2.00 bits per heavy atom. The van der Waals surface area contributed by atoms with Crippen molar-refractivity contribution in [3.05, 3.63) is 0 Å². The molecule has 0 N–H and O–H groups in total. The third-order valence-electron chi connectivity index (χ3n) is 2.88. The fraction of sp³-hybridized carbons (Fsp3) is 0.909. The zero-order chi connectivity index (χ0) is 10.4. The molecule has 0 saturated carbocycles. The highest BCUT2D eigenvalue weighted by Gasteiger charge is 2.22. The summed E-state index contributed by atoms with van der Waals surface area (Å²) >= 11 is 0. The van der Waals surface area contributed by atoms with Gasteiger partial charge < -0.3 is 9.64 Å². The average molecular weight is 199 g/mol. The molecule has 0 spiro atoms. The van der Waals surface area contributed by atoms with Gasteiger partial charge in [-0.2, -0.15) is 0 Å². The van der Waals surface area contributed by atoms with Gasteiger partial charge in [0.1, 0.15) is 0 Å². The van der Waals surface area contributed by atoms with E-state index in [4.69, 9.17) is 4.74 Å². The summed E-state index contributed by atoms with van der Waals surface area (Å²) in [5, 5.41) is 0. The maximum atomic E-state index is 11.5. The lowest BCUT2D eigenvalue weighted by atomic mass is 9.95. The number of hydrogen-bond donors (Lipinski definition) is 0. The highest BCUT2D eigenvalue weighted by Crippen LogP contribution is 2.20. The first-order valence-corrected chi connectivity index (χ1v) is 5.69. The van der Waals surface area contributed by atoms with Gasteiger partial charge in [-0.25, -0.2) is 4.79 Å². The molecule has 0 atom stereocenters. The summed E-state index contributed by atoms with van der Waals surface area (Å²) in [6, 6.07) is 0. The van der Waals surface area contributed by atoms with E-state index in [0.29, 0.717) is 6.61 Å². The van der Waals surface area contributed by atoms with E-state index in [1.165, 1.54) is 6.42 Å². The van der Waals surface area contributed by atoms with Crippen LogP contribution in [-0.4, -0.2) is 30.7 Å². The van der Waals surface area contributed by atoms with Crippen molar-refractivity contribution in [1.82, 2.24) is 4.90 Å². The van der Waals surface area contributed by atoms with Crippen LogP contribution in [-0.2, 0) is 4.74 Å². The molecule has 0 bridgehead atoms. The van der Waals surface area contributed by atoms with Crippen LogP contribution < -0.4 is 0 Å². The quantitative estimate of drug-likeness (QED) is 0.699. The van der Waals surface area contributed by atoms with Gasteiger partial charge in [0, 0.05) is 13.1 Å². The van der Waals surface area contributed by atoms with E-state index in [0.717, 1.165) is 38.3 Å². The molecule has 1 rings (SSSR count). The van der Waals surface area contributed by atoms with Crippen molar-refractivity contribution < 1.29 is 9.53 Å². The Kier molecular flexibility index (Phi) is 4.77. The second-order valence-electron chi connectivity index (χ2n) is 3.95. The van der Waals surface area contributed by atoms with Gasteiger partial charge in [0.25, 0.3) is 0 Å². The molecule has 0 unspecified atom stereocenters.